The van der Waals surface area contributed by atoms with E-state index in [9.17, 15) is 13.6 Å². The molecule has 1 aliphatic rings. The number of alkyl halides is 1. The minimum atomic E-state index is -0.945. The number of nitrogens with zero attached hydrogens (tertiary/aromatic N) is 1. The van der Waals surface area contributed by atoms with Crippen LogP contribution in [0.4, 0.5) is 14.5 Å². The van der Waals surface area contributed by atoms with Gasteiger partial charge < -0.3 is 15.1 Å². The van der Waals surface area contributed by atoms with E-state index in [0.29, 0.717) is 29.8 Å². The summed E-state index contributed by atoms with van der Waals surface area (Å²) in [6.07, 6.45) is -0.232. The van der Waals surface area contributed by atoms with E-state index < -0.39 is 17.7 Å². The van der Waals surface area contributed by atoms with Gasteiger partial charge in [0.25, 0.3) is 0 Å². The highest BCUT2D eigenvalue weighted by atomic mass is 35.5. The van der Waals surface area contributed by atoms with Crippen molar-refractivity contribution in [2.75, 3.05) is 18.4 Å². The lowest BCUT2D eigenvalue weighted by molar-refractivity contribution is 0.166. The minimum Gasteiger partial charge on any atom is -0.388 e. The largest absolute Gasteiger partial charge is 0.434 e. The van der Waals surface area contributed by atoms with Gasteiger partial charge in [0.2, 0.25) is 5.89 Å². The van der Waals surface area contributed by atoms with Gasteiger partial charge in [0, 0.05) is 35.3 Å². The fraction of sp³-hybridized carbons (Fsp3) is 0.500. The van der Waals surface area contributed by atoms with Crippen LogP contribution in [0.5, 0.6) is 0 Å². The van der Waals surface area contributed by atoms with Gasteiger partial charge in [-0.2, -0.15) is 0 Å². The van der Waals surface area contributed by atoms with E-state index >= 15 is 0 Å². The fourth-order valence-electron chi connectivity index (χ4n) is 3.06. The van der Waals surface area contributed by atoms with Crippen molar-refractivity contribution in [3.05, 3.63) is 34.1 Å². The Balaban J connectivity index is 0.00000225. The van der Waals surface area contributed by atoms with Crippen molar-refractivity contribution in [2.24, 2.45) is 5.92 Å². The molecule has 1 aromatic heterocycles. The van der Waals surface area contributed by atoms with Crippen LogP contribution in [0.25, 0.3) is 11.5 Å². The van der Waals surface area contributed by atoms with Crippen molar-refractivity contribution in [1.82, 2.24) is 15.5 Å². The maximum atomic E-state index is 14.2. The smallest absolute Gasteiger partial charge is 0.388 e. The molecule has 0 saturated carbocycles. The molecule has 3 N–H and O–H groups in total. The van der Waals surface area contributed by atoms with Gasteiger partial charge in [-0.1, -0.05) is 0 Å². The first-order valence-corrected chi connectivity index (χ1v) is 7.93. The maximum absolute atomic E-state index is 14.2. The second-order valence-electron chi connectivity index (χ2n) is 6.15. The number of aromatic nitrogens is 2. The van der Waals surface area contributed by atoms with Crippen molar-refractivity contribution in [1.29, 1.82) is 0 Å². The van der Waals surface area contributed by atoms with Gasteiger partial charge in [0.1, 0.15) is 12.0 Å². The molecule has 3 atom stereocenters. The molecular formula is C16H21ClF2N4O2. The topological polar surface area (TPSA) is 83.0 Å². The molecule has 1 aliphatic heterocycles. The number of aromatic amines is 1. The van der Waals surface area contributed by atoms with E-state index in [1.807, 2.05) is 6.92 Å². The summed E-state index contributed by atoms with van der Waals surface area (Å²) in [5.41, 5.74) is 1.30. The molecule has 0 unspecified atom stereocenters. The van der Waals surface area contributed by atoms with E-state index in [1.54, 1.807) is 13.0 Å². The summed E-state index contributed by atoms with van der Waals surface area (Å²) < 4.78 is 33.2. The van der Waals surface area contributed by atoms with Crippen molar-refractivity contribution in [2.45, 2.75) is 32.5 Å². The third-order valence-electron chi connectivity index (χ3n) is 4.51. The molecule has 9 heteroatoms. The van der Waals surface area contributed by atoms with Crippen LogP contribution in [0.1, 0.15) is 18.9 Å². The highest BCUT2D eigenvalue weighted by Crippen LogP contribution is 2.29. The van der Waals surface area contributed by atoms with Crippen LogP contribution in [0.2, 0.25) is 0 Å². The first kappa shape index (κ1) is 19.4. The highest BCUT2D eigenvalue weighted by Gasteiger charge is 2.29. The molecule has 1 saturated heterocycles. The molecule has 2 heterocycles. The first-order valence-electron chi connectivity index (χ1n) is 7.93. The standard InChI is InChI=1S/C16H20F2N4O2.ClH/c1-8-12(17)5-10(15-21-22-16(23)24-15)6-14(8)20-9(2)11-3-4-19-7-13(11)18;/h5-6,9,11,13,19-20H,3-4,7H2,1-2H3,(H,22,23);1H/t9-,11+,13+;/m0./s1. The third kappa shape index (κ3) is 4.19. The van der Waals surface area contributed by atoms with Gasteiger partial charge in [0.05, 0.1) is 0 Å². The zero-order chi connectivity index (χ0) is 17.3. The molecule has 138 valence electrons. The predicted molar refractivity (Wildman–Crippen MR) is 93.5 cm³/mol. The Morgan fingerprint density at radius 3 is 2.84 bits per heavy atom. The second kappa shape index (κ2) is 7.97. The Morgan fingerprint density at radius 2 is 2.20 bits per heavy atom. The van der Waals surface area contributed by atoms with Crippen LogP contribution in [0, 0.1) is 18.7 Å². The summed E-state index contributed by atoms with van der Waals surface area (Å²) in [7, 11) is 0. The molecule has 1 fully saturated rings. The zero-order valence-electron chi connectivity index (χ0n) is 13.9. The van der Waals surface area contributed by atoms with E-state index in [1.165, 1.54) is 6.07 Å². The molecule has 0 bridgehead atoms. The molecule has 0 spiro atoms. The lowest BCUT2D eigenvalue weighted by atomic mass is 9.89. The van der Waals surface area contributed by atoms with Gasteiger partial charge in [0.15, 0.2) is 0 Å². The summed E-state index contributed by atoms with van der Waals surface area (Å²) in [4.78, 5) is 11.1. The van der Waals surface area contributed by atoms with Gasteiger partial charge in [-0.15, -0.1) is 17.5 Å². The number of H-pyrrole nitrogens is 1. The third-order valence-corrected chi connectivity index (χ3v) is 4.51. The molecule has 3 rings (SSSR count). The number of hydrogen-bond acceptors (Lipinski definition) is 5. The maximum Gasteiger partial charge on any atom is 0.434 e. The minimum absolute atomic E-state index is 0. The van der Waals surface area contributed by atoms with Crippen molar-refractivity contribution < 1.29 is 13.2 Å². The summed E-state index contributed by atoms with van der Waals surface area (Å²) in [6.45, 7) is 4.64. The Kier molecular flexibility index (Phi) is 6.18. The van der Waals surface area contributed by atoms with Crippen LogP contribution in [-0.2, 0) is 0 Å². The lowest BCUT2D eigenvalue weighted by Crippen LogP contribution is -2.44. The van der Waals surface area contributed by atoms with Crippen LogP contribution in [0.3, 0.4) is 0 Å². The van der Waals surface area contributed by atoms with Crippen LogP contribution >= 0.6 is 12.4 Å². The molecular weight excluding hydrogens is 354 g/mol. The second-order valence-corrected chi connectivity index (χ2v) is 6.15. The molecule has 0 aliphatic carbocycles. The quantitative estimate of drug-likeness (QED) is 0.766. The Morgan fingerprint density at radius 1 is 1.44 bits per heavy atom. The Hall–Kier alpha value is -1.93. The fourth-order valence-corrected chi connectivity index (χ4v) is 3.06. The molecule has 6 nitrogen and oxygen atoms in total. The number of rotatable bonds is 4. The normalized spacial score (nSPS) is 21.4. The van der Waals surface area contributed by atoms with Crippen molar-refractivity contribution in [3.63, 3.8) is 0 Å². The van der Waals surface area contributed by atoms with Crippen LogP contribution in [0.15, 0.2) is 21.3 Å². The van der Waals surface area contributed by atoms with Crippen LogP contribution < -0.4 is 16.4 Å². The Labute approximate surface area is 149 Å². The monoisotopic (exact) mass is 374 g/mol. The van der Waals surface area contributed by atoms with E-state index in [4.69, 9.17) is 4.42 Å². The number of hydrogen-bond donors (Lipinski definition) is 3. The van der Waals surface area contributed by atoms with E-state index in [0.717, 1.165) is 6.54 Å². The number of halogens is 3. The van der Waals surface area contributed by atoms with Crippen molar-refractivity contribution in [3.8, 4) is 11.5 Å². The van der Waals surface area contributed by atoms with E-state index in [-0.39, 0.29) is 30.3 Å². The van der Waals surface area contributed by atoms with Crippen LogP contribution in [-0.4, -0.2) is 35.5 Å². The summed E-state index contributed by atoms with van der Waals surface area (Å²) in [6, 6.07) is 2.75. The summed E-state index contributed by atoms with van der Waals surface area (Å²) in [5.74, 6) is -1.29. The molecule has 25 heavy (non-hydrogen) atoms. The number of benzene rings is 1. The average Bonchev–Trinajstić information content (AvgIpc) is 2.98. The SMILES string of the molecule is Cc1c(F)cc(-c2n[nH]c(=O)o2)cc1N[C@@H](C)[C@H]1CCNC[C@H]1F.Cl. The van der Waals surface area contributed by atoms with Gasteiger partial charge in [-0.3, -0.25) is 0 Å². The number of piperidine rings is 1. The first-order chi connectivity index (χ1) is 11.5. The van der Waals surface area contributed by atoms with Crippen molar-refractivity contribution >= 4 is 18.1 Å². The van der Waals surface area contributed by atoms with E-state index in [2.05, 4.69) is 20.8 Å². The lowest BCUT2D eigenvalue weighted by Gasteiger charge is -2.32. The predicted octanol–water partition coefficient (Wildman–Crippen LogP) is 2.65. The summed E-state index contributed by atoms with van der Waals surface area (Å²) in [5, 5.41) is 12.1. The summed E-state index contributed by atoms with van der Waals surface area (Å²) >= 11 is 0. The molecule has 2 aromatic rings. The van der Waals surface area contributed by atoms with Gasteiger partial charge in [-0.25, -0.2) is 18.7 Å². The highest BCUT2D eigenvalue weighted by molar-refractivity contribution is 5.85. The average molecular weight is 375 g/mol. The Bertz CT molecular complexity index is 780. The zero-order valence-corrected chi connectivity index (χ0v) is 14.8. The molecule has 0 amide bonds. The van der Waals surface area contributed by atoms with Gasteiger partial charge in [-0.05, 0) is 38.9 Å². The molecule has 1 aromatic carbocycles. The molecule has 0 radical (unpaired) electrons. The number of anilines is 1. The van der Waals surface area contributed by atoms with Gasteiger partial charge >= 0.3 is 5.76 Å². The number of nitrogens with one attached hydrogen (secondary N) is 3.